The van der Waals surface area contributed by atoms with Gasteiger partial charge in [0, 0.05) is 35.5 Å². The highest BCUT2D eigenvalue weighted by atomic mass is 32.2. The van der Waals surface area contributed by atoms with E-state index in [4.69, 9.17) is 10.9 Å². The number of sulfonamides is 1. The molecule has 35 heavy (non-hydrogen) atoms. The number of primary sulfonamides is 1. The highest BCUT2D eigenvalue weighted by Gasteiger charge is 2.44. The van der Waals surface area contributed by atoms with E-state index in [9.17, 15) is 28.6 Å². The van der Waals surface area contributed by atoms with Crippen LogP contribution in [0.4, 0.5) is 11.4 Å². The number of non-ortho nitro benzene ring substituents is 1. The third kappa shape index (κ3) is 4.29. The molecular formula is C24H23N5O5S. The lowest BCUT2D eigenvalue weighted by atomic mass is 9.68. The molecule has 0 fully saturated rings. The SMILES string of the molecule is CC1(C)CC(=O)C2=C(C1)N(c1ccc([N+](=O)[O-])cc1)C(N)=C(C#N)C2c1ccc(S(N)(=O)=O)cc1. The number of allylic oxidation sites excluding steroid dienone is 3. The van der Waals surface area contributed by atoms with E-state index in [2.05, 4.69) is 6.07 Å². The van der Waals surface area contributed by atoms with Crippen LogP contribution in [0.3, 0.4) is 0 Å². The topological polar surface area (TPSA) is 173 Å². The monoisotopic (exact) mass is 493 g/mol. The molecule has 0 aromatic heterocycles. The van der Waals surface area contributed by atoms with Gasteiger partial charge in [0.05, 0.1) is 27.4 Å². The Hall–Kier alpha value is -4.01. The van der Waals surface area contributed by atoms with Crippen LogP contribution in [0.15, 0.2) is 76.1 Å². The number of hydrogen-bond donors (Lipinski definition) is 2. The van der Waals surface area contributed by atoms with Gasteiger partial charge in [-0.05, 0) is 41.7 Å². The molecule has 2 aliphatic rings. The minimum atomic E-state index is -3.92. The molecule has 0 saturated carbocycles. The molecule has 0 bridgehead atoms. The molecule has 0 amide bonds. The Labute approximate surface area is 202 Å². The number of hydrogen-bond acceptors (Lipinski definition) is 8. The average Bonchev–Trinajstić information content (AvgIpc) is 2.77. The first kappa shape index (κ1) is 24.1. The summed E-state index contributed by atoms with van der Waals surface area (Å²) in [6.45, 7) is 3.91. The van der Waals surface area contributed by atoms with Crippen molar-refractivity contribution in [3.05, 3.63) is 86.9 Å². The van der Waals surface area contributed by atoms with E-state index in [1.807, 2.05) is 13.8 Å². The van der Waals surface area contributed by atoms with Crippen molar-refractivity contribution in [2.45, 2.75) is 37.5 Å². The van der Waals surface area contributed by atoms with Gasteiger partial charge in [0.25, 0.3) is 5.69 Å². The molecule has 4 N–H and O–H groups in total. The Morgan fingerprint density at radius 3 is 2.23 bits per heavy atom. The fourth-order valence-electron chi connectivity index (χ4n) is 4.71. The molecule has 180 valence electrons. The first-order valence-corrected chi connectivity index (χ1v) is 12.2. The number of nitrogens with zero attached hydrogens (tertiary/aromatic N) is 3. The van der Waals surface area contributed by atoms with Crippen LogP contribution in [0.25, 0.3) is 0 Å². The summed E-state index contributed by atoms with van der Waals surface area (Å²) in [5.74, 6) is -0.836. The van der Waals surface area contributed by atoms with Gasteiger partial charge in [-0.1, -0.05) is 26.0 Å². The van der Waals surface area contributed by atoms with Gasteiger partial charge in [0.1, 0.15) is 5.82 Å². The summed E-state index contributed by atoms with van der Waals surface area (Å²) in [4.78, 5) is 25.6. The maximum atomic E-state index is 13.5. The second-order valence-corrected chi connectivity index (χ2v) is 10.9. The number of rotatable bonds is 4. The molecule has 0 radical (unpaired) electrons. The van der Waals surface area contributed by atoms with Crippen molar-refractivity contribution < 1.29 is 18.1 Å². The number of carbonyl (C=O) groups excluding carboxylic acids is 1. The number of anilines is 1. The number of carbonyl (C=O) groups is 1. The van der Waals surface area contributed by atoms with Crippen LogP contribution < -0.4 is 15.8 Å². The Morgan fingerprint density at radius 1 is 1.11 bits per heavy atom. The van der Waals surface area contributed by atoms with Crippen LogP contribution in [0.2, 0.25) is 0 Å². The molecule has 1 heterocycles. The highest BCUT2D eigenvalue weighted by molar-refractivity contribution is 7.89. The van der Waals surface area contributed by atoms with Crippen LogP contribution in [-0.2, 0) is 14.8 Å². The number of ketones is 1. The van der Waals surface area contributed by atoms with Crippen molar-refractivity contribution >= 4 is 27.2 Å². The molecule has 0 spiro atoms. The maximum Gasteiger partial charge on any atom is 0.269 e. The summed E-state index contributed by atoms with van der Waals surface area (Å²) in [7, 11) is -3.92. The van der Waals surface area contributed by atoms with Gasteiger partial charge in [0.15, 0.2) is 5.78 Å². The first-order valence-electron chi connectivity index (χ1n) is 10.7. The zero-order valence-electron chi connectivity index (χ0n) is 19.1. The van der Waals surface area contributed by atoms with Gasteiger partial charge in [0.2, 0.25) is 10.0 Å². The zero-order valence-corrected chi connectivity index (χ0v) is 19.9. The zero-order chi connectivity index (χ0) is 25.7. The smallest absolute Gasteiger partial charge is 0.269 e. The van der Waals surface area contributed by atoms with Gasteiger partial charge >= 0.3 is 0 Å². The molecule has 2 aromatic rings. The predicted octanol–water partition coefficient (Wildman–Crippen LogP) is 3.18. The molecule has 4 rings (SSSR count). The highest BCUT2D eigenvalue weighted by Crippen LogP contribution is 2.50. The van der Waals surface area contributed by atoms with E-state index in [0.29, 0.717) is 28.9 Å². The second kappa shape index (κ2) is 8.33. The van der Waals surface area contributed by atoms with E-state index in [-0.39, 0.29) is 39.6 Å². The van der Waals surface area contributed by atoms with Crippen molar-refractivity contribution in [3.8, 4) is 6.07 Å². The first-order chi connectivity index (χ1) is 16.3. The summed E-state index contributed by atoms with van der Waals surface area (Å²) in [5, 5.41) is 26.4. The van der Waals surface area contributed by atoms with Crippen molar-refractivity contribution in [2.24, 2.45) is 16.3 Å². The van der Waals surface area contributed by atoms with E-state index < -0.39 is 20.9 Å². The summed E-state index contributed by atoms with van der Waals surface area (Å²) in [6.07, 6.45) is 0.723. The Balaban J connectivity index is 1.94. The number of nitro groups is 1. The second-order valence-electron chi connectivity index (χ2n) is 9.37. The Kier molecular flexibility index (Phi) is 5.75. The lowest BCUT2D eigenvalue weighted by Gasteiger charge is -2.43. The fourth-order valence-corrected chi connectivity index (χ4v) is 5.23. The van der Waals surface area contributed by atoms with Gasteiger partial charge in [-0.15, -0.1) is 0 Å². The molecule has 1 aliphatic heterocycles. The van der Waals surface area contributed by atoms with Crippen LogP contribution in [0.1, 0.15) is 38.2 Å². The number of Topliss-reactive ketones (excluding diaryl/α,β-unsaturated/α-hetero) is 1. The molecule has 1 unspecified atom stereocenters. The fraction of sp³-hybridized carbons (Fsp3) is 0.250. The lowest BCUT2D eigenvalue weighted by Crippen LogP contribution is -2.42. The van der Waals surface area contributed by atoms with Crippen molar-refractivity contribution in [2.75, 3.05) is 4.90 Å². The summed E-state index contributed by atoms with van der Waals surface area (Å²) in [6, 6.07) is 13.6. The van der Waals surface area contributed by atoms with Crippen molar-refractivity contribution in [1.29, 1.82) is 5.26 Å². The summed E-state index contributed by atoms with van der Waals surface area (Å²) in [5.41, 5.74) is 8.18. The molecule has 0 saturated heterocycles. The molecular weight excluding hydrogens is 470 g/mol. The number of nitriles is 1. The van der Waals surface area contributed by atoms with E-state index >= 15 is 0 Å². The molecule has 2 aromatic carbocycles. The molecule has 1 atom stereocenters. The van der Waals surface area contributed by atoms with Crippen LogP contribution in [0, 0.1) is 26.9 Å². The van der Waals surface area contributed by atoms with Crippen LogP contribution in [0.5, 0.6) is 0 Å². The van der Waals surface area contributed by atoms with Gasteiger partial charge in [-0.3, -0.25) is 19.8 Å². The number of nitro benzene ring substituents is 1. The Morgan fingerprint density at radius 2 is 1.71 bits per heavy atom. The third-order valence-corrected chi connectivity index (χ3v) is 7.17. The average molecular weight is 494 g/mol. The van der Waals surface area contributed by atoms with Gasteiger partial charge in [-0.2, -0.15) is 5.26 Å². The largest absolute Gasteiger partial charge is 0.384 e. The van der Waals surface area contributed by atoms with E-state index in [0.717, 1.165) is 0 Å². The van der Waals surface area contributed by atoms with Crippen LogP contribution >= 0.6 is 0 Å². The van der Waals surface area contributed by atoms with Crippen LogP contribution in [-0.4, -0.2) is 19.1 Å². The number of benzene rings is 2. The van der Waals surface area contributed by atoms with Crippen molar-refractivity contribution in [1.82, 2.24) is 0 Å². The minimum Gasteiger partial charge on any atom is -0.384 e. The number of nitrogens with two attached hydrogens (primary N) is 2. The van der Waals surface area contributed by atoms with Gasteiger partial charge < -0.3 is 5.73 Å². The third-order valence-electron chi connectivity index (χ3n) is 6.24. The van der Waals surface area contributed by atoms with Gasteiger partial charge in [-0.25, -0.2) is 13.6 Å². The van der Waals surface area contributed by atoms with Crippen molar-refractivity contribution in [3.63, 3.8) is 0 Å². The summed E-state index contributed by atoms with van der Waals surface area (Å²) >= 11 is 0. The summed E-state index contributed by atoms with van der Waals surface area (Å²) < 4.78 is 23.4. The molecule has 10 nitrogen and oxygen atoms in total. The quantitative estimate of drug-likeness (QED) is 0.482. The normalized spacial score (nSPS) is 19.9. The maximum absolute atomic E-state index is 13.5. The molecule has 1 aliphatic carbocycles. The standard InChI is InChI=1S/C24H23N5O5S/c1-24(2)11-19-22(20(30)12-24)21(14-3-9-17(10-4-14)35(27,33)34)18(13-25)23(26)28(19)15-5-7-16(8-6-15)29(31)32/h3-10,21H,11-12,26H2,1-2H3,(H2,27,33,34). The van der Waals surface area contributed by atoms with E-state index in [1.54, 1.807) is 4.90 Å². The van der Waals surface area contributed by atoms with E-state index in [1.165, 1.54) is 48.5 Å². The molecule has 11 heteroatoms. The Bertz CT molecular complexity index is 1450. The lowest BCUT2D eigenvalue weighted by molar-refractivity contribution is -0.384. The predicted molar refractivity (Wildman–Crippen MR) is 128 cm³/mol. The minimum absolute atomic E-state index is 0.0923.